The van der Waals surface area contributed by atoms with E-state index in [0.717, 1.165) is 5.70 Å². The Morgan fingerprint density at radius 3 is 2.50 bits per heavy atom. The van der Waals surface area contributed by atoms with Crippen molar-refractivity contribution in [3.05, 3.63) is 62.6 Å². The summed E-state index contributed by atoms with van der Waals surface area (Å²) in [6.07, 6.45) is -0.274. The molecule has 28 heavy (non-hydrogen) atoms. The molecular weight excluding hydrogens is 401 g/mol. The number of dihydropyridines is 1. The number of carbonyl (C=O) groups is 1. The zero-order valence-electron chi connectivity index (χ0n) is 16.3. The van der Waals surface area contributed by atoms with Crippen molar-refractivity contribution in [2.24, 2.45) is 0 Å². The normalized spacial score (nSPS) is 17.2. The molecule has 0 saturated heterocycles. The molecule has 0 saturated carbocycles. The molecule has 0 fully saturated rings. The number of hydrogen-bond donors (Lipinski definition) is 1. The SMILES string of the molecule is CC1=C(C(=O)OC(C)C)C(c2cccc(Cl)c2Cl)C(c2nnc(C)o2)=C(C)N1. The van der Waals surface area contributed by atoms with Crippen LogP contribution in [0.2, 0.25) is 10.0 Å². The number of nitrogens with one attached hydrogen (secondary N) is 1. The summed E-state index contributed by atoms with van der Waals surface area (Å²) >= 11 is 12.8. The molecule has 0 spiro atoms. The minimum absolute atomic E-state index is 0.274. The summed E-state index contributed by atoms with van der Waals surface area (Å²) in [6.45, 7) is 9.01. The van der Waals surface area contributed by atoms with Crippen molar-refractivity contribution in [2.75, 3.05) is 0 Å². The minimum atomic E-state index is -0.571. The van der Waals surface area contributed by atoms with Gasteiger partial charge in [-0.3, -0.25) is 0 Å². The highest BCUT2D eigenvalue weighted by Gasteiger charge is 2.38. The zero-order chi connectivity index (χ0) is 20.6. The third kappa shape index (κ3) is 3.80. The van der Waals surface area contributed by atoms with E-state index in [1.54, 1.807) is 32.9 Å². The number of esters is 1. The van der Waals surface area contributed by atoms with Gasteiger partial charge in [0.1, 0.15) is 0 Å². The standard InChI is InChI=1S/C20H21Cl2N3O3/c1-9(2)27-20(26)16-11(4)23-10(3)15(19-25-24-12(5)28-19)17(16)13-7-6-8-14(21)18(13)22/h6-9,17,23H,1-5H3. The first-order chi connectivity index (χ1) is 13.2. The van der Waals surface area contributed by atoms with Crippen LogP contribution >= 0.6 is 23.2 Å². The van der Waals surface area contributed by atoms with Crippen LogP contribution in [0, 0.1) is 6.92 Å². The summed E-state index contributed by atoms with van der Waals surface area (Å²) < 4.78 is 11.2. The van der Waals surface area contributed by atoms with Gasteiger partial charge in [0, 0.05) is 23.9 Å². The van der Waals surface area contributed by atoms with Crippen LogP contribution in [-0.2, 0) is 9.53 Å². The minimum Gasteiger partial charge on any atom is -0.460 e. The van der Waals surface area contributed by atoms with Gasteiger partial charge < -0.3 is 14.5 Å². The molecule has 0 radical (unpaired) electrons. The van der Waals surface area contributed by atoms with Crippen LogP contribution in [0.5, 0.6) is 0 Å². The number of rotatable bonds is 4. The fourth-order valence-corrected chi connectivity index (χ4v) is 3.70. The molecule has 0 bridgehead atoms. The summed E-state index contributed by atoms with van der Waals surface area (Å²) in [6, 6.07) is 5.32. The number of carbonyl (C=O) groups excluding carboxylic acids is 1. The lowest BCUT2D eigenvalue weighted by Gasteiger charge is -2.31. The van der Waals surface area contributed by atoms with Gasteiger partial charge in [-0.25, -0.2) is 4.79 Å². The summed E-state index contributed by atoms with van der Waals surface area (Å²) in [5.41, 5.74) is 3.20. The Hall–Kier alpha value is -2.31. The first kappa shape index (κ1) is 20.4. The second kappa shape index (κ2) is 7.97. The lowest BCUT2D eigenvalue weighted by atomic mass is 9.80. The van der Waals surface area contributed by atoms with E-state index >= 15 is 0 Å². The Kier molecular flexibility index (Phi) is 5.82. The van der Waals surface area contributed by atoms with Gasteiger partial charge >= 0.3 is 5.97 Å². The van der Waals surface area contributed by atoms with Crippen LogP contribution in [0.4, 0.5) is 0 Å². The van der Waals surface area contributed by atoms with E-state index in [2.05, 4.69) is 15.5 Å². The molecule has 1 N–H and O–H groups in total. The number of halogens is 2. The predicted octanol–water partition coefficient (Wildman–Crippen LogP) is 5.03. The fourth-order valence-electron chi connectivity index (χ4n) is 3.29. The maximum atomic E-state index is 13.0. The van der Waals surface area contributed by atoms with Gasteiger partial charge in [-0.2, -0.15) is 0 Å². The second-order valence-corrected chi connectivity index (χ2v) is 7.64. The maximum Gasteiger partial charge on any atom is 0.337 e. The summed E-state index contributed by atoms with van der Waals surface area (Å²) in [5.74, 6) is -0.282. The van der Waals surface area contributed by atoms with Crippen molar-refractivity contribution in [3.63, 3.8) is 0 Å². The Morgan fingerprint density at radius 1 is 1.18 bits per heavy atom. The van der Waals surface area contributed by atoms with E-state index in [9.17, 15) is 4.79 Å². The number of aryl methyl sites for hydroxylation is 1. The number of ether oxygens (including phenoxy) is 1. The van der Waals surface area contributed by atoms with Crippen molar-refractivity contribution in [2.45, 2.75) is 46.6 Å². The van der Waals surface area contributed by atoms with Gasteiger partial charge in [-0.15, -0.1) is 10.2 Å². The average Bonchev–Trinajstić information content (AvgIpc) is 3.01. The van der Waals surface area contributed by atoms with Crippen LogP contribution in [0.25, 0.3) is 5.57 Å². The molecule has 1 aliphatic rings. The molecule has 1 aromatic heterocycles. The number of benzene rings is 1. The number of aromatic nitrogens is 2. The lowest BCUT2D eigenvalue weighted by molar-refractivity contribution is -0.142. The van der Waals surface area contributed by atoms with Gasteiger partial charge in [0.25, 0.3) is 0 Å². The molecule has 1 aliphatic heterocycles. The monoisotopic (exact) mass is 421 g/mol. The summed E-state index contributed by atoms with van der Waals surface area (Å²) in [5, 5.41) is 12.1. The van der Waals surface area contributed by atoms with E-state index < -0.39 is 11.9 Å². The van der Waals surface area contributed by atoms with Gasteiger partial charge in [0.05, 0.1) is 27.6 Å². The van der Waals surface area contributed by atoms with Crippen molar-refractivity contribution in [1.82, 2.24) is 15.5 Å². The summed E-state index contributed by atoms with van der Waals surface area (Å²) in [4.78, 5) is 13.0. The highest BCUT2D eigenvalue weighted by Crippen LogP contribution is 2.46. The molecule has 1 unspecified atom stereocenters. The molecule has 148 valence electrons. The lowest BCUT2D eigenvalue weighted by Crippen LogP contribution is -2.29. The number of allylic oxidation sites excluding steroid dienone is 3. The van der Waals surface area contributed by atoms with Crippen LogP contribution in [-0.4, -0.2) is 22.3 Å². The summed E-state index contributed by atoms with van der Waals surface area (Å²) in [7, 11) is 0. The Balaban J connectivity index is 2.25. The van der Waals surface area contributed by atoms with E-state index in [0.29, 0.717) is 44.2 Å². The molecule has 6 nitrogen and oxygen atoms in total. The Labute approximate surface area is 173 Å². The Morgan fingerprint density at radius 2 is 1.89 bits per heavy atom. The molecule has 0 amide bonds. The topological polar surface area (TPSA) is 77.2 Å². The van der Waals surface area contributed by atoms with Gasteiger partial charge in [0.15, 0.2) is 0 Å². The second-order valence-electron chi connectivity index (χ2n) is 6.86. The molecule has 2 aromatic rings. The fraction of sp³-hybridized carbons (Fsp3) is 0.350. The van der Waals surface area contributed by atoms with E-state index in [1.807, 2.05) is 19.9 Å². The average molecular weight is 422 g/mol. The zero-order valence-corrected chi connectivity index (χ0v) is 17.8. The van der Waals surface area contributed by atoms with E-state index in [-0.39, 0.29) is 6.10 Å². The third-order valence-corrected chi connectivity index (χ3v) is 5.21. The first-order valence-corrected chi connectivity index (χ1v) is 9.60. The quantitative estimate of drug-likeness (QED) is 0.697. The van der Waals surface area contributed by atoms with Gasteiger partial charge in [-0.05, 0) is 39.3 Å². The largest absolute Gasteiger partial charge is 0.460 e. The van der Waals surface area contributed by atoms with Crippen LogP contribution in [0.15, 0.2) is 39.6 Å². The van der Waals surface area contributed by atoms with Crippen LogP contribution in [0.1, 0.15) is 51.0 Å². The first-order valence-electron chi connectivity index (χ1n) is 8.84. The molecule has 1 atom stereocenters. The predicted molar refractivity (Wildman–Crippen MR) is 108 cm³/mol. The van der Waals surface area contributed by atoms with E-state index in [4.69, 9.17) is 32.4 Å². The van der Waals surface area contributed by atoms with Crippen molar-refractivity contribution in [1.29, 1.82) is 0 Å². The van der Waals surface area contributed by atoms with Crippen molar-refractivity contribution >= 4 is 34.7 Å². The number of nitrogens with zero attached hydrogens (tertiary/aromatic N) is 2. The van der Waals surface area contributed by atoms with Crippen molar-refractivity contribution < 1.29 is 13.9 Å². The van der Waals surface area contributed by atoms with E-state index in [1.165, 1.54) is 0 Å². The third-order valence-electron chi connectivity index (χ3n) is 4.37. The molecule has 3 rings (SSSR count). The van der Waals surface area contributed by atoms with Crippen LogP contribution in [0.3, 0.4) is 0 Å². The molecule has 2 heterocycles. The van der Waals surface area contributed by atoms with Crippen molar-refractivity contribution in [3.8, 4) is 0 Å². The Bertz CT molecular complexity index is 992. The molecular formula is C20H21Cl2N3O3. The smallest absolute Gasteiger partial charge is 0.337 e. The molecule has 0 aliphatic carbocycles. The van der Waals surface area contributed by atoms with Gasteiger partial charge in [-0.1, -0.05) is 35.3 Å². The molecule has 1 aromatic carbocycles. The van der Waals surface area contributed by atoms with Gasteiger partial charge in [0.2, 0.25) is 11.8 Å². The highest BCUT2D eigenvalue weighted by molar-refractivity contribution is 6.42. The maximum absolute atomic E-state index is 13.0. The van der Waals surface area contributed by atoms with Crippen LogP contribution < -0.4 is 5.32 Å². The molecule has 8 heteroatoms. The number of hydrogen-bond acceptors (Lipinski definition) is 6. The highest BCUT2D eigenvalue weighted by atomic mass is 35.5.